The molecule has 0 aliphatic carbocycles. The molecule has 0 unspecified atom stereocenters. The van der Waals surface area contributed by atoms with E-state index in [1.165, 1.54) is 0 Å². The number of rotatable bonds is 5. The van der Waals surface area contributed by atoms with Gasteiger partial charge in [0.15, 0.2) is 6.61 Å². The van der Waals surface area contributed by atoms with Crippen molar-refractivity contribution < 1.29 is 19.4 Å². The summed E-state index contributed by atoms with van der Waals surface area (Å²) >= 11 is 11.8. The Bertz CT molecular complexity index is 556. The quantitative estimate of drug-likeness (QED) is 0.890. The minimum atomic E-state index is -0.787. The van der Waals surface area contributed by atoms with Gasteiger partial charge < -0.3 is 14.7 Å². The monoisotopic (exact) mass is 345 g/mol. The van der Waals surface area contributed by atoms with Crippen LogP contribution >= 0.6 is 23.2 Å². The van der Waals surface area contributed by atoms with Gasteiger partial charge in [-0.25, -0.2) is 0 Å². The molecule has 0 aromatic heterocycles. The molecule has 1 aromatic carbocycles. The summed E-state index contributed by atoms with van der Waals surface area (Å²) in [5.74, 6) is -0.348. The second kappa shape index (κ2) is 7.70. The first-order valence-electron chi connectivity index (χ1n) is 7.03. The number of carboxylic acid groups (broad SMARTS) is 1. The lowest BCUT2D eigenvalue weighted by Gasteiger charge is -2.31. The number of carboxylic acids is 1. The fourth-order valence-corrected chi connectivity index (χ4v) is 2.92. The molecule has 1 N–H and O–H groups in total. The number of nitrogens with zero attached hydrogens (tertiary/aromatic N) is 1. The van der Waals surface area contributed by atoms with Crippen molar-refractivity contribution >= 4 is 35.1 Å². The number of carbonyl (C=O) groups is 2. The van der Waals surface area contributed by atoms with E-state index in [0.29, 0.717) is 41.7 Å². The van der Waals surface area contributed by atoms with E-state index in [2.05, 4.69) is 0 Å². The molecule has 1 saturated heterocycles. The second-order valence-electron chi connectivity index (χ2n) is 5.29. The van der Waals surface area contributed by atoms with Gasteiger partial charge in [-0.05, 0) is 37.0 Å². The van der Waals surface area contributed by atoms with Crippen LogP contribution in [0.2, 0.25) is 10.0 Å². The van der Waals surface area contributed by atoms with Crippen LogP contribution in [-0.4, -0.2) is 41.6 Å². The third-order valence-corrected chi connectivity index (χ3v) is 4.21. The second-order valence-corrected chi connectivity index (χ2v) is 6.13. The van der Waals surface area contributed by atoms with Crippen molar-refractivity contribution in [1.82, 2.24) is 4.90 Å². The van der Waals surface area contributed by atoms with Crippen LogP contribution in [0.5, 0.6) is 5.75 Å². The molecule has 0 atom stereocenters. The van der Waals surface area contributed by atoms with Gasteiger partial charge >= 0.3 is 5.97 Å². The van der Waals surface area contributed by atoms with Crippen molar-refractivity contribution in [2.45, 2.75) is 19.3 Å². The first kappa shape index (κ1) is 16.9. The first-order valence-corrected chi connectivity index (χ1v) is 7.78. The zero-order chi connectivity index (χ0) is 16.1. The molecule has 120 valence electrons. The Kier molecular flexibility index (Phi) is 5.91. The largest absolute Gasteiger partial charge is 0.482 e. The summed E-state index contributed by atoms with van der Waals surface area (Å²) in [7, 11) is 0. The van der Waals surface area contributed by atoms with Crippen LogP contribution in [0, 0.1) is 5.92 Å². The van der Waals surface area contributed by atoms with Crippen molar-refractivity contribution in [2.75, 3.05) is 19.7 Å². The third-order valence-electron chi connectivity index (χ3n) is 3.68. The van der Waals surface area contributed by atoms with E-state index in [0.717, 1.165) is 0 Å². The van der Waals surface area contributed by atoms with E-state index >= 15 is 0 Å². The van der Waals surface area contributed by atoms with Gasteiger partial charge in [0.25, 0.3) is 5.91 Å². The lowest BCUT2D eigenvalue weighted by atomic mass is 9.94. The highest BCUT2D eigenvalue weighted by Gasteiger charge is 2.24. The van der Waals surface area contributed by atoms with Crippen LogP contribution in [0.3, 0.4) is 0 Å². The molecule has 1 fully saturated rings. The van der Waals surface area contributed by atoms with Crippen LogP contribution in [0.4, 0.5) is 0 Å². The normalized spacial score (nSPS) is 15.6. The van der Waals surface area contributed by atoms with Crippen LogP contribution in [0.15, 0.2) is 18.2 Å². The standard InChI is InChI=1S/C15H17Cl2NO4/c16-11-1-2-13(12(17)8-11)22-9-14(19)18-5-3-10(4-6-18)7-15(20)21/h1-2,8,10H,3-7,9H2,(H,20,21). The molecule has 1 heterocycles. The fraction of sp³-hybridized carbons (Fsp3) is 0.467. The Hall–Kier alpha value is -1.46. The van der Waals surface area contributed by atoms with Gasteiger partial charge in [-0.15, -0.1) is 0 Å². The van der Waals surface area contributed by atoms with Gasteiger partial charge in [0.1, 0.15) is 5.75 Å². The molecule has 0 bridgehead atoms. The molecule has 22 heavy (non-hydrogen) atoms. The van der Waals surface area contributed by atoms with Crippen molar-refractivity contribution in [3.8, 4) is 5.75 Å². The average Bonchev–Trinajstić information content (AvgIpc) is 2.46. The Morgan fingerprint density at radius 2 is 1.95 bits per heavy atom. The Morgan fingerprint density at radius 1 is 1.27 bits per heavy atom. The number of likely N-dealkylation sites (tertiary alicyclic amines) is 1. The smallest absolute Gasteiger partial charge is 0.303 e. The molecule has 1 aromatic rings. The summed E-state index contributed by atoms with van der Waals surface area (Å²) in [6.07, 6.45) is 1.58. The van der Waals surface area contributed by atoms with E-state index in [9.17, 15) is 9.59 Å². The van der Waals surface area contributed by atoms with Gasteiger partial charge in [0.2, 0.25) is 0 Å². The summed E-state index contributed by atoms with van der Waals surface area (Å²) < 4.78 is 5.42. The van der Waals surface area contributed by atoms with E-state index in [4.69, 9.17) is 33.0 Å². The molecular weight excluding hydrogens is 329 g/mol. The predicted octanol–water partition coefficient (Wildman–Crippen LogP) is 3.09. The number of piperidine rings is 1. The lowest BCUT2D eigenvalue weighted by Crippen LogP contribution is -2.41. The minimum Gasteiger partial charge on any atom is -0.482 e. The molecule has 0 saturated carbocycles. The fourth-order valence-electron chi connectivity index (χ4n) is 2.46. The number of aliphatic carboxylic acids is 1. The minimum absolute atomic E-state index is 0.0923. The summed E-state index contributed by atoms with van der Waals surface area (Å²) in [5, 5.41) is 9.64. The molecule has 1 aliphatic rings. The molecule has 0 spiro atoms. The number of carbonyl (C=O) groups excluding carboxylic acids is 1. The topological polar surface area (TPSA) is 66.8 Å². The number of halogens is 2. The summed E-state index contributed by atoms with van der Waals surface area (Å²) in [4.78, 5) is 24.5. The van der Waals surface area contributed by atoms with Gasteiger partial charge in [-0.1, -0.05) is 23.2 Å². The molecule has 5 nitrogen and oxygen atoms in total. The third kappa shape index (κ3) is 4.78. The molecule has 2 rings (SSSR count). The van der Waals surface area contributed by atoms with Crippen molar-refractivity contribution in [3.05, 3.63) is 28.2 Å². The molecule has 0 radical (unpaired) electrons. The maximum absolute atomic E-state index is 12.1. The highest BCUT2D eigenvalue weighted by Crippen LogP contribution is 2.27. The highest BCUT2D eigenvalue weighted by atomic mass is 35.5. The van der Waals surface area contributed by atoms with Gasteiger partial charge in [0.05, 0.1) is 5.02 Å². The maximum atomic E-state index is 12.1. The van der Waals surface area contributed by atoms with Crippen LogP contribution < -0.4 is 4.74 Å². The van der Waals surface area contributed by atoms with E-state index < -0.39 is 5.97 Å². The van der Waals surface area contributed by atoms with E-state index in [1.807, 2.05) is 0 Å². The number of amides is 1. The zero-order valence-electron chi connectivity index (χ0n) is 11.9. The summed E-state index contributed by atoms with van der Waals surface area (Å²) in [5.41, 5.74) is 0. The predicted molar refractivity (Wildman–Crippen MR) is 83.5 cm³/mol. The number of hydrogen-bond donors (Lipinski definition) is 1. The van der Waals surface area contributed by atoms with E-state index in [1.54, 1.807) is 23.1 Å². The molecular formula is C15H17Cl2NO4. The van der Waals surface area contributed by atoms with Gasteiger partial charge in [0, 0.05) is 24.5 Å². The van der Waals surface area contributed by atoms with Crippen LogP contribution in [0.1, 0.15) is 19.3 Å². The molecule has 1 amide bonds. The Balaban J connectivity index is 1.80. The van der Waals surface area contributed by atoms with Crippen molar-refractivity contribution in [1.29, 1.82) is 0 Å². The molecule has 1 aliphatic heterocycles. The SMILES string of the molecule is O=C(O)CC1CCN(C(=O)COc2ccc(Cl)cc2Cl)CC1. The van der Waals surface area contributed by atoms with Crippen LogP contribution in [0.25, 0.3) is 0 Å². The van der Waals surface area contributed by atoms with Gasteiger partial charge in [-0.2, -0.15) is 0 Å². The number of benzene rings is 1. The van der Waals surface area contributed by atoms with Crippen molar-refractivity contribution in [2.24, 2.45) is 5.92 Å². The molecule has 7 heteroatoms. The van der Waals surface area contributed by atoms with Crippen molar-refractivity contribution in [3.63, 3.8) is 0 Å². The first-order chi connectivity index (χ1) is 10.5. The summed E-state index contributed by atoms with van der Waals surface area (Å²) in [6, 6.07) is 4.82. The zero-order valence-corrected chi connectivity index (χ0v) is 13.4. The highest BCUT2D eigenvalue weighted by molar-refractivity contribution is 6.35. The number of hydrogen-bond acceptors (Lipinski definition) is 3. The number of ether oxygens (including phenoxy) is 1. The lowest BCUT2D eigenvalue weighted by molar-refractivity contribution is -0.139. The van der Waals surface area contributed by atoms with Crippen LogP contribution in [-0.2, 0) is 9.59 Å². The van der Waals surface area contributed by atoms with E-state index in [-0.39, 0.29) is 24.9 Å². The Morgan fingerprint density at radius 3 is 2.55 bits per heavy atom. The maximum Gasteiger partial charge on any atom is 0.303 e. The van der Waals surface area contributed by atoms with Gasteiger partial charge in [-0.3, -0.25) is 9.59 Å². The average molecular weight is 346 g/mol. The Labute approximate surface area is 138 Å². The summed E-state index contributed by atoms with van der Waals surface area (Å²) in [6.45, 7) is 1.04.